The Balaban J connectivity index is 2.09. The fourth-order valence-electron chi connectivity index (χ4n) is 2.65. The summed E-state index contributed by atoms with van der Waals surface area (Å²) in [6.07, 6.45) is 1.97. The van der Waals surface area contributed by atoms with Crippen molar-refractivity contribution in [2.75, 3.05) is 6.61 Å². The van der Waals surface area contributed by atoms with Gasteiger partial charge in [0.15, 0.2) is 5.17 Å². The Morgan fingerprint density at radius 1 is 1.32 bits per heavy atom. The first-order valence-corrected chi connectivity index (χ1v) is 8.14. The third kappa shape index (κ3) is 2.57. The minimum atomic E-state index is -0.293. The van der Waals surface area contributed by atoms with Gasteiger partial charge in [-0.05, 0) is 31.7 Å². The predicted molar refractivity (Wildman–Crippen MR) is 89.3 cm³/mol. The first-order chi connectivity index (χ1) is 10.6. The summed E-state index contributed by atoms with van der Waals surface area (Å²) in [6.45, 7) is 6.10. The molecule has 3 rings (SSSR count). The van der Waals surface area contributed by atoms with E-state index in [-0.39, 0.29) is 12.0 Å². The Hall–Kier alpha value is -2.01. The second-order valence-electron chi connectivity index (χ2n) is 5.24. The summed E-state index contributed by atoms with van der Waals surface area (Å²) in [7, 11) is 0. The average Bonchev–Trinajstić information content (AvgIpc) is 2.94. The Kier molecular flexibility index (Phi) is 4.07. The number of fused-ring (bicyclic) bond motifs is 1. The molecule has 4 nitrogen and oxygen atoms in total. The van der Waals surface area contributed by atoms with E-state index in [1.165, 1.54) is 5.56 Å². The van der Waals surface area contributed by atoms with Crippen LogP contribution in [0.2, 0.25) is 0 Å². The van der Waals surface area contributed by atoms with Crippen LogP contribution in [0.4, 0.5) is 0 Å². The fraction of sp³-hybridized carbons (Fsp3) is 0.294. The number of esters is 1. The highest BCUT2D eigenvalue weighted by atomic mass is 32.2. The predicted octanol–water partition coefficient (Wildman–Crippen LogP) is 3.76. The van der Waals surface area contributed by atoms with Gasteiger partial charge >= 0.3 is 5.97 Å². The van der Waals surface area contributed by atoms with Gasteiger partial charge in [-0.25, -0.2) is 9.79 Å². The van der Waals surface area contributed by atoms with E-state index in [0.29, 0.717) is 12.2 Å². The molecule has 0 bridgehead atoms. The number of benzene rings is 1. The van der Waals surface area contributed by atoms with Crippen molar-refractivity contribution in [3.05, 3.63) is 58.3 Å². The molecule has 114 valence electrons. The van der Waals surface area contributed by atoms with Crippen LogP contribution in [0.25, 0.3) is 0 Å². The third-order valence-corrected chi connectivity index (χ3v) is 4.48. The molecule has 0 aromatic heterocycles. The highest BCUT2D eigenvalue weighted by Gasteiger charge is 2.37. The average molecular weight is 314 g/mol. The van der Waals surface area contributed by atoms with E-state index in [1.807, 2.05) is 30.4 Å². The van der Waals surface area contributed by atoms with Crippen LogP contribution in [-0.2, 0) is 9.53 Å². The lowest BCUT2D eigenvalue weighted by molar-refractivity contribution is -0.139. The largest absolute Gasteiger partial charge is 0.463 e. The van der Waals surface area contributed by atoms with Gasteiger partial charge in [-0.3, -0.25) is 0 Å². The van der Waals surface area contributed by atoms with Crippen LogP contribution in [0.15, 0.2) is 52.1 Å². The zero-order chi connectivity index (χ0) is 15.7. The maximum Gasteiger partial charge on any atom is 0.338 e. The van der Waals surface area contributed by atoms with Gasteiger partial charge in [-0.2, -0.15) is 0 Å². The number of thioether (sulfide) groups is 1. The Morgan fingerprint density at radius 2 is 2.05 bits per heavy atom. The van der Waals surface area contributed by atoms with Crippen molar-refractivity contribution in [2.24, 2.45) is 4.99 Å². The first-order valence-electron chi connectivity index (χ1n) is 7.26. The summed E-state index contributed by atoms with van der Waals surface area (Å²) in [5.41, 5.74) is 3.60. The minimum absolute atomic E-state index is 0.182. The van der Waals surface area contributed by atoms with Crippen molar-refractivity contribution >= 4 is 22.9 Å². The molecule has 2 aliphatic rings. The molecule has 2 heterocycles. The van der Waals surface area contributed by atoms with E-state index in [9.17, 15) is 4.79 Å². The number of nitrogens with zero attached hydrogens (tertiary/aromatic N) is 2. The van der Waals surface area contributed by atoms with E-state index in [0.717, 1.165) is 16.4 Å². The Labute approximate surface area is 134 Å². The lowest BCUT2D eigenvalue weighted by atomic mass is 9.94. The molecule has 0 fully saturated rings. The molecule has 0 radical (unpaired) electrons. The normalized spacial score (nSPS) is 20.0. The molecule has 1 aromatic rings. The third-order valence-electron chi connectivity index (χ3n) is 3.71. The van der Waals surface area contributed by atoms with E-state index in [1.54, 1.807) is 11.8 Å². The van der Waals surface area contributed by atoms with E-state index < -0.39 is 0 Å². The maximum absolute atomic E-state index is 12.4. The fourth-order valence-corrected chi connectivity index (χ4v) is 3.44. The lowest BCUT2D eigenvalue weighted by Crippen LogP contribution is -2.34. The van der Waals surface area contributed by atoms with Crippen LogP contribution in [0, 0.1) is 6.92 Å². The summed E-state index contributed by atoms with van der Waals surface area (Å²) in [5.74, 6) is -0.293. The van der Waals surface area contributed by atoms with Gasteiger partial charge in [0, 0.05) is 6.20 Å². The molecular weight excluding hydrogens is 296 g/mol. The molecule has 0 aliphatic carbocycles. The van der Waals surface area contributed by atoms with Crippen LogP contribution in [0.3, 0.4) is 0 Å². The van der Waals surface area contributed by atoms with Crippen LogP contribution in [-0.4, -0.2) is 22.6 Å². The number of ether oxygens (including phenoxy) is 1. The highest BCUT2D eigenvalue weighted by molar-refractivity contribution is 8.16. The highest BCUT2D eigenvalue weighted by Crippen LogP contribution is 2.40. The standard InChI is InChI=1S/C17H18N2O2S/c1-4-21-16(20)14-12(3)18-17-19(9-10-22-17)15(14)13-7-5-11(2)6-8-13/h5-10,15H,4H2,1-3H3/t15-/m0/s1. The van der Waals surface area contributed by atoms with Crippen molar-refractivity contribution < 1.29 is 9.53 Å². The van der Waals surface area contributed by atoms with Gasteiger partial charge < -0.3 is 9.64 Å². The minimum Gasteiger partial charge on any atom is -0.463 e. The number of aliphatic imine (C=N–C) groups is 1. The van der Waals surface area contributed by atoms with Gasteiger partial charge in [0.2, 0.25) is 0 Å². The van der Waals surface area contributed by atoms with Crippen LogP contribution < -0.4 is 0 Å². The molecule has 0 N–H and O–H groups in total. The van der Waals surface area contributed by atoms with Gasteiger partial charge in [-0.1, -0.05) is 41.6 Å². The number of carbonyl (C=O) groups excluding carboxylic acids is 1. The molecule has 0 amide bonds. The second kappa shape index (κ2) is 6.01. The van der Waals surface area contributed by atoms with Crippen LogP contribution in [0.5, 0.6) is 0 Å². The topological polar surface area (TPSA) is 41.9 Å². The molecule has 2 aliphatic heterocycles. The molecule has 0 unspecified atom stereocenters. The quantitative estimate of drug-likeness (QED) is 0.797. The van der Waals surface area contributed by atoms with Crippen molar-refractivity contribution in [3.63, 3.8) is 0 Å². The van der Waals surface area contributed by atoms with Gasteiger partial charge in [0.05, 0.1) is 23.9 Å². The van der Waals surface area contributed by atoms with Crippen molar-refractivity contribution in [1.29, 1.82) is 0 Å². The summed E-state index contributed by atoms with van der Waals surface area (Å²) in [4.78, 5) is 19.0. The first kappa shape index (κ1) is 14.9. The number of hydrogen-bond donors (Lipinski definition) is 0. The summed E-state index contributed by atoms with van der Waals surface area (Å²) in [5, 5.41) is 2.89. The van der Waals surface area contributed by atoms with Gasteiger partial charge in [0.1, 0.15) is 0 Å². The summed E-state index contributed by atoms with van der Waals surface area (Å²) < 4.78 is 5.25. The zero-order valence-electron chi connectivity index (χ0n) is 12.9. The van der Waals surface area contributed by atoms with Crippen molar-refractivity contribution in [2.45, 2.75) is 26.8 Å². The van der Waals surface area contributed by atoms with Crippen LogP contribution >= 0.6 is 11.8 Å². The number of carbonyl (C=O) groups is 1. The van der Waals surface area contributed by atoms with Crippen LogP contribution in [0.1, 0.15) is 31.0 Å². The van der Waals surface area contributed by atoms with E-state index in [4.69, 9.17) is 4.74 Å². The Morgan fingerprint density at radius 3 is 2.73 bits per heavy atom. The summed E-state index contributed by atoms with van der Waals surface area (Å²) in [6, 6.07) is 8.06. The molecular formula is C17H18N2O2S. The van der Waals surface area contributed by atoms with Crippen molar-refractivity contribution in [1.82, 2.24) is 4.90 Å². The monoisotopic (exact) mass is 314 g/mol. The number of amidine groups is 1. The molecule has 0 saturated carbocycles. The smallest absolute Gasteiger partial charge is 0.338 e. The zero-order valence-corrected chi connectivity index (χ0v) is 13.7. The number of aryl methyl sites for hydroxylation is 1. The van der Waals surface area contributed by atoms with Gasteiger partial charge in [0.25, 0.3) is 0 Å². The van der Waals surface area contributed by atoms with Crippen molar-refractivity contribution in [3.8, 4) is 0 Å². The van der Waals surface area contributed by atoms with Gasteiger partial charge in [-0.15, -0.1) is 0 Å². The second-order valence-corrected chi connectivity index (χ2v) is 6.11. The van der Waals surface area contributed by atoms with E-state index >= 15 is 0 Å². The molecule has 22 heavy (non-hydrogen) atoms. The maximum atomic E-state index is 12.4. The molecule has 1 atom stereocenters. The summed E-state index contributed by atoms with van der Waals surface area (Å²) >= 11 is 1.57. The van der Waals surface area contributed by atoms with E-state index in [2.05, 4.69) is 36.2 Å². The SMILES string of the molecule is CCOC(=O)C1=C(C)N=C2SC=CN2[C@H]1c1ccc(C)cc1. The number of rotatable bonds is 3. The molecule has 0 spiro atoms. The Bertz CT molecular complexity index is 689. The molecule has 5 heteroatoms. The molecule has 1 aromatic carbocycles. The number of hydrogen-bond acceptors (Lipinski definition) is 5. The lowest BCUT2D eigenvalue weighted by Gasteiger charge is -2.33. The molecule has 0 saturated heterocycles. The number of allylic oxidation sites excluding steroid dienone is 1.